The van der Waals surface area contributed by atoms with E-state index in [1.807, 2.05) is 0 Å². The van der Waals surface area contributed by atoms with Crippen LogP contribution in [0.25, 0.3) is 0 Å². The van der Waals surface area contributed by atoms with Crippen molar-refractivity contribution in [1.82, 2.24) is 15.1 Å². The molecular formula is C13H21F2N3O2. The first-order valence-corrected chi connectivity index (χ1v) is 6.67. The number of likely N-dealkylation sites (N-methyl/N-ethyl adjacent to an activating group) is 1. The molecule has 1 rings (SSSR count). The fourth-order valence-corrected chi connectivity index (χ4v) is 2.23. The first kappa shape index (κ1) is 16.6. The van der Waals surface area contributed by atoms with Gasteiger partial charge in [-0.2, -0.15) is 0 Å². The number of carbonyl (C=O) groups excluding carboxylic acids is 2. The zero-order valence-electron chi connectivity index (χ0n) is 11.6. The standard InChI is InChI=1S/C13H21F2N3O2/c1-3-13(20)18(4-2)9-12(19)16-10-5-6-17(7-10)8-11(14)15/h3,10-11H,1,4-9H2,2H3,(H,16,19). The third-order valence-corrected chi connectivity index (χ3v) is 3.24. The number of alkyl halides is 2. The zero-order chi connectivity index (χ0) is 15.1. The Balaban J connectivity index is 2.36. The Labute approximate surface area is 117 Å². The summed E-state index contributed by atoms with van der Waals surface area (Å²) < 4.78 is 24.5. The summed E-state index contributed by atoms with van der Waals surface area (Å²) in [6.07, 6.45) is -0.540. The van der Waals surface area contributed by atoms with Crippen LogP contribution in [0.3, 0.4) is 0 Å². The minimum absolute atomic E-state index is 0.0350. The molecule has 20 heavy (non-hydrogen) atoms. The lowest BCUT2D eigenvalue weighted by atomic mass is 10.2. The second-order valence-corrected chi connectivity index (χ2v) is 4.76. The number of hydrogen-bond acceptors (Lipinski definition) is 3. The summed E-state index contributed by atoms with van der Waals surface area (Å²) in [5, 5.41) is 2.77. The summed E-state index contributed by atoms with van der Waals surface area (Å²) in [7, 11) is 0. The Morgan fingerprint density at radius 3 is 2.80 bits per heavy atom. The van der Waals surface area contributed by atoms with E-state index in [1.165, 1.54) is 4.90 Å². The molecule has 7 heteroatoms. The highest BCUT2D eigenvalue weighted by atomic mass is 19.3. The van der Waals surface area contributed by atoms with Gasteiger partial charge in [-0.05, 0) is 19.4 Å². The predicted molar refractivity (Wildman–Crippen MR) is 71.4 cm³/mol. The van der Waals surface area contributed by atoms with Crippen LogP contribution in [0, 0.1) is 0 Å². The van der Waals surface area contributed by atoms with Crippen LogP contribution >= 0.6 is 0 Å². The maximum absolute atomic E-state index is 12.2. The van der Waals surface area contributed by atoms with Crippen molar-refractivity contribution in [2.75, 3.05) is 32.7 Å². The number of likely N-dealkylation sites (tertiary alicyclic amines) is 1. The van der Waals surface area contributed by atoms with Crippen molar-refractivity contribution >= 4 is 11.8 Å². The number of amides is 2. The smallest absolute Gasteiger partial charge is 0.251 e. The van der Waals surface area contributed by atoms with Crippen LogP contribution in [-0.2, 0) is 9.59 Å². The molecule has 1 saturated heterocycles. The average molecular weight is 289 g/mol. The SMILES string of the molecule is C=CC(=O)N(CC)CC(=O)NC1CCN(CC(F)F)C1. The molecule has 1 fully saturated rings. The monoisotopic (exact) mass is 289 g/mol. The second kappa shape index (κ2) is 7.94. The Bertz CT molecular complexity index is 364. The quantitative estimate of drug-likeness (QED) is 0.694. The summed E-state index contributed by atoms with van der Waals surface area (Å²) in [6.45, 7) is 6.25. The Morgan fingerprint density at radius 2 is 2.25 bits per heavy atom. The molecule has 0 saturated carbocycles. The van der Waals surface area contributed by atoms with Crippen molar-refractivity contribution < 1.29 is 18.4 Å². The van der Waals surface area contributed by atoms with Crippen LogP contribution in [-0.4, -0.2) is 66.8 Å². The highest BCUT2D eigenvalue weighted by molar-refractivity contribution is 5.90. The maximum Gasteiger partial charge on any atom is 0.251 e. The van der Waals surface area contributed by atoms with Gasteiger partial charge in [0.2, 0.25) is 11.8 Å². The lowest BCUT2D eigenvalue weighted by Gasteiger charge is -2.20. The summed E-state index contributed by atoms with van der Waals surface area (Å²) in [5.41, 5.74) is 0. The Morgan fingerprint density at radius 1 is 1.55 bits per heavy atom. The predicted octanol–water partition coefficient (Wildman–Crippen LogP) is 0.476. The molecule has 1 atom stereocenters. The van der Waals surface area contributed by atoms with Crippen LogP contribution in [0.2, 0.25) is 0 Å². The van der Waals surface area contributed by atoms with Crippen molar-refractivity contribution in [3.05, 3.63) is 12.7 Å². The van der Waals surface area contributed by atoms with Crippen LogP contribution in [0.15, 0.2) is 12.7 Å². The average Bonchev–Trinajstić information content (AvgIpc) is 2.81. The third kappa shape index (κ3) is 5.24. The Hall–Kier alpha value is -1.50. The third-order valence-electron chi connectivity index (χ3n) is 3.24. The van der Waals surface area contributed by atoms with Gasteiger partial charge < -0.3 is 10.2 Å². The molecule has 0 radical (unpaired) electrons. The van der Waals surface area contributed by atoms with E-state index in [0.717, 1.165) is 6.08 Å². The summed E-state index contributed by atoms with van der Waals surface area (Å²) >= 11 is 0. The van der Waals surface area contributed by atoms with Gasteiger partial charge in [0.25, 0.3) is 6.43 Å². The molecule has 5 nitrogen and oxygen atoms in total. The van der Waals surface area contributed by atoms with Crippen LogP contribution in [0.4, 0.5) is 8.78 Å². The summed E-state index contributed by atoms with van der Waals surface area (Å²) in [5.74, 6) is -0.570. The number of nitrogens with one attached hydrogen (secondary N) is 1. The van der Waals surface area contributed by atoms with Gasteiger partial charge >= 0.3 is 0 Å². The number of halogens is 2. The number of hydrogen-bond donors (Lipinski definition) is 1. The largest absolute Gasteiger partial charge is 0.350 e. The number of rotatable bonds is 7. The molecular weight excluding hydrogens is 268 g/mol. The topological polar surface area (TPSA) is 52.7 Å². The van der Waals surface area contributed by atoms with E-state index in [1.54, 1.807) is 11.8 Å². The van der Waals surface area contributed by atoms with E-state index in [9.17, 15) is 18.4 Å². The van der Waals surface area contributed by atoms with E-state index in [4.69, 9.17) is 0 Å². The van der Waals surface area contributed by atoms with Crippen LogP contribution < -0.4 is 5.32 Å². The van der Waals surface area contributed by atoms with Crippen molar-refractivity contribution in [1.29, 1.82) is 0 Å². The minimum atomic E-state index is -2.36. The highest BCUT2D eigenvalue weighted by Gasteiger charge is 2.26. The van der Waals surface area contributed by atoms with Gasteiger partial charge in [0.15, 0.2) is 0 Å². The number of nitrogens with zero attached hydrogens (tertiary/aromatic N) is 2. The zero-order valence-corrected chi connectivity index (χ0v) is 11.6. The van der Waals surface area contributed by atoms with Gasteiger partial charge in [-0.3, -0.25) is 14.5 Å². The molecule has 1 unspecified atom stereocenters. The van der Waals surface area contributed by atoms with Crippen molar-refractivity contribution in [3.63, 3.8) is 0 Å². The minimum Gasteiger partial charge on any atom is -0.350 e. The van der Waals surface area contributed by atoms with Crippen LogP contribution in [0.5, 0.6) is 0 Å². The van der Waals surface area contributed by atoms with E-state index in [2.05, 4.69) is 11.9 Å². The lowest BCUT2D eigenvalue weighted by molar-refractivity contribution is -0.132. The van der Waals surface area contributed by atoms with Gasteiger partial charge in [-0.1, -0.05) is 6.58 Å². The van der Waals surface area contributed by atoms with E-state index < -0.39 is 6.43 Å². The normalized spacial score (nSPS) is 19.1. The van der Waals surface area contributed by atoms with Crippen LogP contribution in [0.1, 0.15) is 13.3 Å². The maximum atomic E-state index is 12.2. The highest BCUT2D eigenvalue weighted by Crippen LogP contribution is 2.11. The number of carbonyl (C=O) groups is 2. The van der Waals surface area contributed by atoms with E-state index >= 15 is 0 Å². The first-order valence-electron chi connectivity index (χ1n) is 6.67. The first-order chi connectivity index (χ1) is 9.46. The van der Waals surface area contributed by atoms with Gasteiger partial charge in [-0.25, -0.2) is 8.78 Å². The molecule has 0 aromatic rings. The lowest BCUT2D eigenvalue weighted by Crippen LogP contribution is -2.44. The van der Waals surface area contributed by atoms with Crippen molar-refractivity contribution in [2.24, 2.45) is 0 Å². The van der Waals surface area contributed by atoms with Crippen molar-refractivity contribution in [3.8, 4) is 0 Å². The van der Waals surface area contributed by atoms with Gasteiger partial charge in [-0.15, -0.1) is 0 Å². The molecule has 0 spiro atoms. The molecule has 1 heterocycles. The second-order valence-electron chi connectivity index (χ2n) is 4.76. The fraction of sp³-hybridized carbons (Fsp3) is 0.692. The van der Waals surface area contributed by atoms with Crippen molar-refractivity contribution in [2.45, 2.75) is 25.8 Å². The molecule has 1 aliphatic heterocycles. The molecule has 0 aliphatic carbocycles. The fourth-order valence-electron chi connectivity index (χ4n) is 2.23. The molecule has 0 aromatic carbocycles. The molecule has 0 aromatic heterocycles. The van der Waals surface area contributed by atoms with Gasteiger partial charge in [0.05, 0.1) is 13.1 Å². The van der Waals surface area contributed by atoms with Gasteiger partial charge in [0, 0.05) is 25.7 Å². The van der Waals surface area contributed by atoms with Gasteiger partial charge in [0.1, 0.15) is 0 Å². The molecule has 1 aliphatic rings. The van der Waals surface area contributed by atoms with E-state index in [-0.39, 0.29) is 30.9 Å². The molecule has 114 valence electrons. The Kier molecular flexibility index (Phi) is 6.57. The molecule has 2 amide bonds. The summed E-state index contributed by atoms with van der Waals surface area (Å²) in [6, 6.07) is -0.126. The molecule has 1 N–H and O–H groups in total. The molecule has 0 bridgehead atoms. The summed E-state index contributed by atoms with van der Waals surface area (Å²) in [4.78, 5) is 26.2. The van der Waals surface area contributed by atoms with E-state index in [0.29, 0.717) is 26.1 Å².